The van der Waals surface area contributed by atoms with Crippen LogP contribution in [0.1, 0.15) is 49.8 Å². The molecule has 1 saturated carbocycles. The SMILES string of the molecule is CCc1ccccc1NC(=O)C1C(=O)CC(C)(O)C(C(=O)Nc2ccccc2CC)C1c1ccccc1Cl. The summed E-state index contributed by atoms with van der Waals surface area (Å²) in [4.78, 5) is 41.2. The second-order valence-electron chi connectivity index (χ2n) is 10.0. The predicted octanol–water partition coefficient (Wildman–Crippen LogP) is 5.78. The highest BCUT2D eigenvalue weighted by Gasteiger charge is 2.56. The number of hydrogen-bond donors (Lipinski definition) is 3. The Hall–Kier alpha value is -3.48. The van der Waals surface area contributed by atoms with Crippen LogP contribution >= 0.6 is 11.6 Å². The molecule has 4 rings (SSSR count). The highest BCUT2D eigenvalue weighted by atomic mass is 35.5. The molecule has 3 aromatic rings. The summed E-state index contributed by atoms with van der Waals surface area (Å²) in [5.41, 5.74) is 1.87. The molecule has 1 aliphatic carbocycles. The van der Waals surface area contributed by atoms with E-state index >= 15 is 0 Å². The van der Waals surface area contributed by atoms with Crippen molar-refractivity contribution >= 4 is 40.6 Å². The van der Waals surface area contributed by atoms with Gasteiger partial charge in [0.25, 0.3) is 0 Å². The lowest BCUT2D eigenvalue weighted by Gasteiger charge is -2.44. The Morgan fingerprint density at radius 2 is 1.37 bits per heavy atom. The van der Waals surface area contributed by atoms with Gasteiger partial charge in [0.15, 0.2) is 0 Å². The van der Waals surface area contributed by atoms with Gasteiger partial charge in [-0.1, -0.05) is 80.0 Å². The number of nitrogens with one attached hydrogen (secondary N) is 2. The van der Waals surface area contributed by atoms with Gasteiger partial charge < -0.3 is 15.7 Å². The van der Waals surface area contributed by atoms with Gasteiger partial charge in [-0.3, -0.25) is 14.4 Å². The van der Waals surface area contributed by atoms with E-state index in [4.69, 9.17) is 11.6 Å². The summed E-state index contributed by atoms with van der Waals surface area (Å²) in [6.07, 6.45) is 1.06. The van der Waals surface area contributed by atoms with E-state index in [1.54, 1.807) is 36.4 Å². The number of hydrogen-bond acceptors (Lipinski definition) is 4. The van der Waals surface area contributed by atoms with Crippen molar-refractivity contribution in [3.63, 3.8) is 0 Å². The zero-order valence-electron chi connectivity index (χ0n) is 21.8. The summed E-state index contributed by atoms with van der Waals surface area (Å²) in [6.45, 7) is 5.45. The van der Waals surface area contributed by atoms with E-state index in [-0.39, 0.29) is 6.42 Å². The van der Waals surface area contributed by atoms with Gasteiger partial charge in [0, 0.05) is 28.7 Å². The fourth-order valence-electron chi connectivity index (χ4n) is 5.53. The van der Waals surface area contributed by atoms with Gasteiger partial charge in [0.1, 0.15) is 11.7 Å². The first-order valence-electron chi connectivity index (χ1n) is 12.9. The lowest BCUT2D eigenvalue weighted by molar-refractivity contribution is -0.150. The standard InChI is InChI=1S/C31H33ClN2O4/c1-4-19-12-6-10-16-23(19)33-29(36)27-25(35)18-31(3,38)28(26(27)21-14-8-9-15-22(21)32)30(37)34-24-17-11-7-13-20(24)5-2/h6-17,26-28,38H,4-5,18H2,1-3H3,(H,33,36)(H,34,37). The van der Waals surface area contributed by atoms with Crippen molar-refractivity contribution in [3.05, 3.63) is 94.5 Å². The van der Waals surface area contributed by atoms with Crippen molar-refractivity contribution < 1.29 is 19.5 Å². The van der Waals surface area contributed by atoms with Gasteiger partial charge in [0.05, 0.1) is 11.5 Å². The van der Waals surface area contributed by atoms with Crippen LogP contribution in [0.2, 0.25) is 5.02 Å². The lowest BCUT2D eigenvalue weighted by Crippen LogP contribution is -2.56. The molecule has 3 N–H and O–H groups in total. The van der Waals surface area contributed by atoms with Gasteiger partial charge in [0.2, 0.25) is 11.8 Å². The Kier molecular flexibility index (Phi) is 8.34. The molecular weight excluding hydrogens is 500 g/mol. The molecule has 0 spiro atoms. The van der Waals surface area contributed by atoms with Crippen LogP contribution in [0, 0.1) is 11.8 Å². The number of para-hydroxylation sites is 2. The second kappa shape index (κ2) is 11.5. The number of aryl methyl sites for hydroxylation is 2. The Morgan fingerprint density at radius 3 is 1.92 bits per heavy atom. The van der Waals surface area contributed by atoms with E-state index in [2.05, 4.69) is 10.6 Å². The minimum atomic E-state index is -1.70. The van der Waals surface area contributed by atoms with E-state index < -0.39 is 41.0 Å². The molecule has 0 aromatic heterocycles. The summed E-state index contributed by atoms with van der Waals surface area (Å²) in [7, 11) is 0. The highest BCUT2D eigenvalue weighted by molar-refractivity contribution is 6.31. The number of benzene rings is 3. The summed E-state index contributed by atoms with van der Waals surface area (Å²) >= 11 is 6.60. The number of carbonyl (C=O) groups is 3. The summed E-state index contributed by atoms with van der Waals surface area (Å²) in [6, 6.07) is 21.7. The molecule has 4 unspecified atom stereocenters. The third-order valence-electron chi connectivity index (χ3n) is 7.41. The van der Waals surface area contributed by atoms with Crippen LogP contribution in [0.4, 0.5) is 11.4 Å². The van der Waals surface area contributed by atoms with Gasteiger partial charge in [-0.25, -0.2) is 0 Å². The molecule has 2 amide bonds. The third-order valence-corrected chi connectivity index (χ3v) is 7.75. The fourth-order valence-corrected chi connectivity index (χ4v) is 5.80. The maximum atomic E-state index is 13.9. The number of rotatable bonds is 7. The van der Waals surface area contributed by atoms with Crippen LogP contribution in [0.5, 0.6) is 0 Å². The molecule has 1 aliphatic rings. The van der Waals surface area contributed by atoms with Crippen LogP contribution < -0.4 is 10.6 Å². The van der Waals surface area contributed by atoms with Gasteiger partial charge in [-0.15, -0.1) is 0 Å². The Morgan fingerprint density at radius 1 is 0.868 bits per heavy atom. The number of halogens is 1. The second-order valence-corrected chi connectivity index (χ2v) is 10.4. The minimum Gasteiger partial charge on any atom is -0.389 e. The Labute approximate surface area is 228 Å². The van der Waals surface area contributed by atoms with Crippen LogP contribution in [0.15, 0.2) is 72.8 Å². The first kappa shape index (κ1) is 27.6. The molecule has 0 radical (unpaired) electrons. The van der Waals surface area contributed by atoms with Crippen LogP contribution in [-0.4, -0.2) is 28.3 Å². The van der Waals surface area contributed by atoms with Crippen LogP contribution in [-0.2, 0) is 27.2 Å². The van der Waals surface area contributed by atoms with Crippen molar-refractivity contribution in [1.82, 2.24) is 0 Å². The molecule has 0 aliphatic heterocycles. The highest BCUT2D eigenvalue weighted by Crippen LogP contribution is 2.48. The van der Waals surface area contributed by atoms with Crippen LogP contribution in [0.3, 0.4) is 0 Å². The molecule has 0 bridgehead atoms. The number of aliphatic hydroxyl groups is 1. The van der Waals surface area contributed by atoms with Gasteiger partial charge >= 0.3 is 0 Å². The number of Topliss-reactive ketones (excluding diaryl/α,β-unsaturated/α-hetero) is 1. The van der Waals surface area contributed by atoms with E-state index in [1.165, 1.54) is 6.92 Å². The third kappa shape index (κ3) is 5.52. The van der Waals surface area contributed by atoms with Crippen LogP contribution in [0.25, 0.3) is 0 Å². The first-order valence-corrected chi connectivity index (χ1v) is 13.3. The maximum Gasteiger partial charge on any atom is 0.235 e. The van der Waals surface area contributed by atoms with Gasteiger partial charge in [-0.05, 0) is 54.7 Å². The largest absolute Gasteiger partial charge is 0.389 e. The average Bonchev–Trinajstić information content (AvgIpc) is 2.88. The molecular formula is C31H33ClN2O4. The summed E-state index contributed by atoms with van der Waals surface area (Å²) < 4.78 is 0. The normalized spacial score (nSPS) is 23.1. The van der Waals surface area contributed by atoms with E-state index in [9.17, 15) is 19.5 Å². The van der Waals surface area contributed by atoms with Gasteiger partial charge in [-0.2, -0.15) is 0 Å². The maximum absolute atomic E-state index is 13.9. The molecule has 6 nitrogen and oxygen atoms in total. The first-order chi connectivity index (χ1) is 18.2. The Bertz CT molecular complexity index is 1350. The van der Waals surface area contributed by atoms with Crippen molar-refractivity contribution in [3.8, 4) is 0 Å². The summed E-state index contributed by atoms with van der Waals surface area (Å²) in [5, 5.41) is 17.7. The zero-order valence-corrected chi connectivity index (χ0v) is 22.6. The number of carbonyl (C=O) groups excluding carboxylic acids is 3. The molecule has 7 heteroatoms. The molecule has 0 heterocycles. The number of anilines is 2. The molecule has 3 aromatic carbocycles. The average molecular weight is 533 g/mol. The zero-order chi connectivity index (χ0) is 27.4. The molecule has 0 saturated heterocycles. The van der Waals surface area contributed by atoms with Crippen molar-refractivity contribution in [2.45, 2.75) is 51.6 Å². The smallest absolute Gasteiger partial charge is 0.235 e. The van der Waals surface area contributed by atoms with E-state index in [0.717, 1.165) is 11.1 Å². The summed E-state index contributed by atoms with van der Waals surface area (Å²) in [5.74, 6) is -4.77. The monoisotopic (exact) mass is 532 g/mol. The fraction of sp³-hybridized carbons (Fsp3) is 0.323. The van der Waals surface area contributed by atoms with Crippen molar-refractivity contribution in [1.29, 1.82) is 0 Å². The quantitative estimate of drug-likeness (QED) is 0.336. The molecule has 4 atom stereocenters. The minimum absolute atomic E-state index is 0.321. The van der Waals surface area contributed by atoms with E-state index in [1.807, 2.05) is 50.2 Å². The van der Waals surface area contributed by atoms with Crippen molar-refractivity contribution in [2.24, 2.45) is 11.8 Å². The lowest BCUT2D eigenvalue weighted by atomic mass is 9.61. The molecule has 1 fully saturated rings. The topological polar surface area (TPSA) is 95.5 Å². The number of amides is 2. The Balaban J connectivity index is 1.80. The van der Waals surface area contributed by atoms with Crippen molar-refractivity contribution in [2.75, 3.05) is 10.6 Å². The number of ketones is 1. The predicted molar refractivity (Wildman–Crippen MR) is 150 cm³/mol. The van der Waals surface area contributed by atoms with E-state index in [0.29, 0.717) is 34.8 Å². The molecule has 38 heavy (non-hydrogen) atoms. The molecule has 198 valence electrons.